The zero-order valence-corrected chi connectivity index (χ0v) is 14.3. The summed E-state index contributed by atoms with van der Waals surface area (Å²) in [6.45, 7) is 9.92. The van der Waals surface area contributed by atoms with Gasteiger partial charge in [0.2, 0.25) is 5.91 Å². The molecule has 0 radical (unpaired) electrons. The molecule has 0 spiro atoms. The van der Waals surface area contributed by atoms with Crippen molar-refractivity contribution in [3.05, 3.63) is 0 Å². The summed E-state index contributed by atoms with van der Waals surface area (Å²) >= 11 is 0. The van der Waals surface area contributed by atoms with Crippen LogP contribution in [0.2, 0.25) is 0 Å². The first-order valence-electron chi connectivity index (χ1n) is 8.92. The van der Waals surface area contributed by atoms with Gasteiger partial charge in [0, 0.05) is 25.7 Å². The van der Waals surface area contributed by atoms with Crippen molar-refractivity contribution in [2.24, 2.45) is 11.8 Å². The molecule has 0 bridgehead atoms. The van der Waals surface area contributed by atoms with Crippen molar-refractivity contribution in [3.63, 3.8) is 0 Å². The Morgan fingerprint density at radius 2 is 1.91 bits per heavy atom. The predicted octanol–water partition coefficient (Wildman–Crippen LogP) is 0.927. The minimum Gasteiger partial charge on any atom is -0.395 e. The van der Waals surface area contributed by atoms with Crippen LogP contribution in [0.4, 0.5) is 0 Å². The van der Waals surface area contributed by atoms with Gasteiger partial charge in [-0.2, -0.15) is 0 Å². The minimum absolute atomic E-state index is 0.189. The number of hydrogen-bond acceptors (Lipinski definition) is 4. The summed E-state index contributed by atoms with van der Waals surface area (Å²) < 4.78 is 0. The summed E-state index contributed by atoms with van der Waals surface area (Å²) in [6.07, 6.45) is 4.88. The molecule has 0 aromatic heterocycles. The second-order valence-corrected chi connectivity index (χ2v) is 7.28. The van der Waals surface area contributed by atoms with E-state index in [0.29, 0.717) is 18.5 Å². The molecular weight excluding hydrogens is 278 g/mol. The summed E-state index contributed by atoms with van der Waals surface area (Å²) in [4.78, 5) is 16.5. The summed E-state index contributed by atoms with van der Waals surface area (Å²) in [5, 5.41) is 12.2. The molecule has 2 aliphatic rings. The lowest BCUT2D eigenvalue weighted by Gasteiger charge is -2.35. The zero-order valence-electron chi connectivity index (χ0n) is 14.3. The molecule has 2 fully saturated rings. The SMILES string of the molecule is CC(C)N(CCO)CC1CCN(CC(=O)NCC2CC2)CC1. The van der Waals surface area contributed by atoms with Crippen molar-refractivity contribution in [3.8, 4) is 0 Å². The third kappa shape index (κ3) is 6.23. The van der Waals surface area contributed by atoms with Crippen molar-refractivity contribution in [1.82, 2.24) is 15.1 Å². The molecule has 22 heavy (non-hydrogen) atoms. The number of rotatable bonds is 9. The summed E-state index contributed by atoms with van der Waals surface area (Å²) in [5.74, 6) is 1.64. The van der Waals surface area contributed by atoms with Gasteiger partial charge in [-0.1, -0.05) is 0 Å². The smallest absolute Gasteiger partial charge is 0.234 e. The normalized spacial score (nSPS) is 20.8. The van der Waals surface area contributed by atoms with Crippen LogP contribution in [-0.4, -0.2) is 72.7 Å². The quantitative estimate of drug-likeness (QED) is 0.665. The number of nitrogens with one attached hydrogen (secondary N) is 1. The average Bonchev–Trinajstić information content (AvgIpc) is 3.31. The molecule has 0 aromatic rings. The fourth-order valence-electron chi connectivity index (χ4n) is 3.19. The lowest BCUT2D eigenvalue weighted by Crippen LogP contribution is -2.45. The molecule has 1 aliphatic carbocycles. The summed E-state index contributed by atoms with van der Waals surface area (Å²) in [6, 6.07) is 0.485. The highest BCUT2D eigenvalue weighted by Gasteiger charge is 2.25. The topological polar surface area (TPSA) is 55.8 Å². The zero-order chi connectivity index (χ0) is 15.9. The van der Waals surface area contributed by atoms with Gasteiger partial charge in [0.15, 0.2) is 0 Å². The number of amides is 1. The maximum atomic E-state index is 11.9. The number of hydrogen-bond donors (Lipinski definition) is 2. The Morgan fingerprint density at radius 3 is 2.45 bits per heavy atom. The Morgan fingerprint density at radius 1 is 1.23 bits per heavy atom. The lowest BCUT2D eigenvalue weighted by molar-refractivity contribution is -0.122. The van der Waals surface area contributed by atoms with Crippen LogP contribution < -0.4 is 5.32 Å². The summed E-state index contributed by atoms with van der Waals surface area (Å²) in [7, 11) is 0. The Bertz CT molecular complexity index is 337. The molecule has 5 nitrogen and oxygen atoms in total. The van der Waals surface area contributed by atoms with E-state index in [1.165, 1.54) is 12.8 Å². The van der Waals surface area contributed by atoms with Crippen molar-refractivity contribution < 1.29 is 9.90 Å². The summed E-state index contributed by atoms with van der Waals surface area (Å²) in [5.41, 5.74) is 0. The molecule has 1 heterocycles. The fourth-order valence-corrected chi connectivity index (χ4v) is 3.19. The van der Waals surface area contributed by atoms with Gasteiger partial charge in [0.05, 0.1) is 13.2 Å². The van der Waals surface area contributed by atoms with Crippen molar-refractivity contribution >= 4 is 5.91 Å². The lowest BCUT2D eigenvalue weighted by atomic mass is 9.95. The van der Waals surface area contributed by atoms with Gasteiger partial charge in [-0.25, -0.2) is 0 Å². The molecule has 128 valence electrons. The van der Waals surface area contributed by atoms with Gasteiger partial charge in [0.25, 0.3) is 0 Å². The number of nitrogens with zero attached hydrogens (tertiary/aromatic N) is 2. The highest BCUT2D eigenvalue weighted by atomic mass is 16.3. The monoisotopic (exact) mass is 311 g/mol. The van der Waals surface area contributed by atoms with Gasteiger partial charge >= 0.3 is 0 Å². The molecule has 2 rings (SSSR count). The highest BCUT2D eigenvalue weighted by Crippen LogP contribution is 2.27. The van der Waals surface area contributed by atoms with Crippen molar-refractivity contribution in [2.45, 2.75) is 45.6 Å². The first kappa shape index (κ1) is 17.7. The van der Waals surface area contributed by atoms with E-state index in [4.69, 9.17) is 5.11 Å². The Hall–Kier alpha value is -0.650. The van der Waals surface area contributed by atoms with E-state index >= 15 is 0 Å². The molecule has 1 saturated heterocycles. The van der Waals surface area contributed by atoms with E-state index in [1.807, 2.05) is 0 Å². The molecule has 1 saturated carbocycles. The third-order valence-electron chi connectivity index (χ3n) is 4.97. The van der Waals surface area contributed by atoms with Crippen LogP contribution in [0.1, 0.15) is 39.5 Å². The largest absolute Gasteiger partial charge is 0.395 e. The standard InChI is InChI=1S/C17H33N3O2/c1-14(2)20(9-10-21)12-16-5-7-19(8-6-16)13-17(22)18-11-15-3-4-15/h14-16,21H,3-13H2,1-2H3,(H,18,22). The van der Waals surface area contributed by atoms with Gasteiger partial charge in [0.1, 0.15) is 0 Å². The van der Waals surface area contributed by atoms with Crippen LogP contribution in [0.15, 0.2) is 0 Å². The van der Waals surface area contributed by atoms with Crippen molar-refractivity contribution in [1.29, 1.82) is 0 Å². The number of piperidine rings is 1. The maximum absolute atomic E-state index is 11.9. The first-order valence-corrected chi connectivity index (χ1v) is 8.92. The average molecular weight is 311 g/mol. The highest BCUT2D eigenvalue weighted by molar-refractivity contribution is 5.78. The van der Waals surface area contributed by atoms with Crippen LogP contribution in [-0.2, 0) is 4.79 Å². The minimum atomic E-state index is 0.189. The van der Waals surface area contributed by atoms with E-state index < -0.39 is 0 Å². The van der Waals surface area contributed by atoms with Crippen LogP contribution in [0.5, 0.6) is 0 Å². The Kier molecular flexibility index (Phi) is 7.12. The molecular formula is C17H33N3O2. The number of aliphatic hydroxyl groups excluding tert-OH is 1. The molecule has 0 aromatic carbocycles. The van der Waals surface area contributed by atoms with Gasteiger partial charge < -0.3 is 10.4 Å². The van der Waals surface area contributed by atoms with Gasteiger partial charge in [-0.15, -0.1) is 0 Å². The van der Waals surface area contributed by atoms with Gasteiger partial charge in [-0.3, -0.25) is 14.6 Å². The van der Waals surface area contributed by atoms with Crippen LogP contribution in [0, 0.1) is 11.8 Å². The molecule has 1 amide bonds. The fraction of sp³-hybridized carbons (Fsp3) is 0.941. The van der Waals surface area contributed by atoms with Crippen LogP contribution in [0.25, 0.3) is 0 Å². The van der Waals surface area contributed by atoms with Crippen LogP contribution >= 0.6 is 0 Å². The first-order chi connectivity index (χ1) is 10.6. The van der Waals surface area contributed by atoms with E-state index in [2.05, 4.69) is 29.0 Å². The molecule has 0 unspecified atom stereocenters. The maximum Gasteiger partial charge on any atom is 0.234 e. The van der Waals surface area contributed by atoms with E-state index in [9.17, 15) is 4.79 Å². The number of carbonyl (C=O) groups excluding carboxylic acids is 1. The second-order valence-electron chi connectivity index (χ2n) is 7.28. The Balaban J connectivity index is 1.62. The second kappa shape index (κ2) is 8.85. The number of aliphatic hydroxyl groups is 1. The third-order valence-corrected chi connectivity index (χ3v) is 4.97. The molecule has 1 aliphatic heterocycles. The van der Waals surface area contributed by atoms with E-state index in [-0.39, 0.29) is 12.5 Å². The van der Waals surface area contributed by atoms with E-state index in [1.54, 1.807) is 0 Å². The predicted molar refractivity (Wildman–Crippen MR) is 88.7 cm³/mol. The molecule has 2 N–H and O–H groups in total. The van der Waals surface area contributed by atoms with Gasteiger partial charge in [-0.05, 0) is 64.5 Å². The van der Waals surface area contributed by atoms with E-state index in [0.717, 1.165) is 51.5 Å². The molecule has 0 atom stereocenters. The van der Waals surface area contributed by atoms with Crippen LogP contribution in [0.3, 0.4) is 0 Å². The Labute approximate surface area is 135 Å². The number of likely N-dealkylation sites (tertiary alicyclic amines) is 1. The number of carbonyl (C=O) groups is 1. The van der Waals surface area contributed by atoms with Crippen molar-refractivity contribution in [2.75, 3.05) is 45.9 Å². The molecule has 5 heteroatoms.